The number of unbranched alkanes of at least 4 members (excludes halogenated alkanes) is 2. The number of aliphatic hydroxyl groups excluding tert-OH is 1. The Morgan fingerprint density at radius 2 is 1.95 bits per heavy atom. The van der Waals surface area contributed by atoms with Crippen molar-refractivity contribution in [2.45, 2.75) is 52.1 Å². The number of nitrogens with one attached hydrogen (secondary N) is 1. The van der Waals surface area contributed by atoms with Crippen molar-refractivity contribution in [1.29, 1.82) is 0 Å². The molecule has 0 aromatic heterocycles. The summed E-state index contributed by atoms with van der Waals surface area (Å²) in [4.78, 5) is 0. The molecule has 0 aliphatic heterocycles. The lowest BCUT2D eigenvalue weighted by atomic mass is 10.1. The van der Waals surface area contributed by atoms with Crippen molar-refractivity contribution in [3.63, 3.8) is 0 Å². The van der Waals surface area contributed by atoms with Crippen LogP contribution in [0.1, 0.15) is 45.6 Å². The zero-order chi connectivity index (χ0) is 15.0. The average molecular weight is 300 g/mol. The van der Waals surface area contributed by atoms with Crippen LogP contribution in [0.3, 0.4) is 0 Å². The zero-order valence-corrected chi connectivity index (χ0v) is 13.5. The van der Waals surface area contributed by atoms with Crippen molar-refractivity contribution in [3.8, 4) is 5.75 Å². The van der Waals surface area contributed by atoms with E-state index in [0.717, 1.165) is 37.1 Å². The van der Waals surface area contributed by atoms with Crippen LogP contribution in [0.15, 0.2) is 18.2 Å². The summed E-state index contributed by atoms with van der Waals surface area (Å²) in [6, 6.07) is 5.83. The molecule has 0 fully saturated rings. The highest BCUT2D eigenvalue weighted by molar-refractivity contribution is 6.32. The Morgan fingerprint density at radius 1 is 1.20 bits per heavy atom. The molecule has 0 bridgehead atoms. The van der Waals surface area contributed by atoms with Gasteiger partial charge >= 0.3 is 0 Å². The molecule has 0 aliphatic rings. The number of benzene rings is 1. The second-order valence-corrected chi connectivity index (χ2v) is 6.37. The quantitative estimate of drug-likeness (QED) is 0.718. The van der Waals surface area contributed by atoms with Gasteiger partial charge in [0.05, 0.1) is 11.6 Å². The molecule has 0 atom stereocenters. The van der Waals surface area contributed by atoms with Crippen LogP contribution in [0.5, 0.6) is 5.75 Å². The third kappa shape index (κ3) is 6.60. The van der Waals surface area contributed by atoms with E-state index in [1.807, 2.05) is 18.2 Å². The molecule has 2 N–H and O–H groups in total. The molecule has 0 saturated heterocycles. The topological polar surface area (TPSA) is 41.5 Å². The van der Waals surface area contributed by atoms with Crippen molar-refractivity contribution in [2.75, 3.05) is 13.2 Å². The summed E-state index contributed by atoms with van der Waals surface area (Å²) in [6.07, 6.45) is 2.72. The van der Waals surface area contributed by atoms with Crippen LogP contribution in [0.2, 0.25) is 5.02 Å². The fraction of sp³-hybridized carbons (Fsp3) is 0.625. The lowest BCUT2D eigenvalue weighted by Crippen LogP contribution is -2.35. The number of rotatable bonds is 8. The third-order valence-corrected chi connectivity index (χ3v) is 3.20. The van der Waals surface area contributed by atoms with Crippen LogP contribution in [0, 0.1) is 0 Å². The molecular weight excluding hydrogens is 274 g/mol. The van der Waals surface area contributed by atoms with Gasteiger partial charge in [-0.05, 0) is 46.1 Å². The van der Waals surface area contributed by atoms with Crippen LogP contribution < -0.4 is 10.1 Å². The molecule has 0 radical (unpaired) electrons. The molecule has 0 unspecified atom stereocenters. The molecule has 114 valence electrons. The Bertz CT molecular complexity index is 402. The molecule has 4 heteroatoms. The van der Waals surface area contributed by atoms with Crippen molar-refractivity contribution in [1.82, 2.24) is 5.32 Å². The van der Waals surface area contributed by atoms with E-state index in [4.69, 9.17) is 21.4 Å². The smallest absolute Gasteiger partial charge is 0.142 e. The fourth-order valence-corrected chi connectivity index (χ4v) is 2.03. The van der Waals surface area contributed by atoms with Gasteiger partial charge < -0.3 is 15.2 Å². The minimum atomic E-state index is 0.0563. The Kier molecular flexibility index (Phi) is 7.35. The minimum absolute atomic E-state index is 0.0563. The number of halogens is 1. The van der Waals surface area contributed by atoms with E-state index < -0.39 is 0 Å². The predicted molar refractivity (Wildman–Crippen MR) is 84.5 cm³/mol. The van der Waals surface area contributed by atoms with Gasteiger partial charge in [-0.1, -0.05) is 23.7 Å². The van der Waals surface area contributed by atoms with Crippen LogP contribution in [-0.4, -0.2) is 23.9 Å². The first-order chi connectivity index (χ1) is 9.44. The Labute approximate surface area is 127 Å². The lowest BCUT2D eigenvalue weighted by molar-refractivity contribution is 0.265. The SMILES string of the molecule is CC(C)(C)NCc1cccc(Cl)c1OCCCCCO. The second kappa shape index (κ2) is 8.50. The summed E-state index contributed by atoms with van der Waals surface area (Å²) in [5.41, 5.74) is 1.13. The van der Waals surface area contributed by atoms with Crippen LogP contribution in [0.25, 0.3) is 0 Å². The van der Waals surface area contributed by atoms with Crippen molar-refractivity contribution in [2.24, 2.45) is 0 Å². The summed E-state index contributed by atoms with van der Waals surface area (Å²) in [5.74, 6) is 0.773. The van der Waals surface area contributed by atoms with Gasteiger partial charge in [-0.3, -0.25) is 0 Å². The van der Waals surface area contributed by atoms with Crippen molar-refractivity contribution < 1.29 is 9.84 Å². The van der Waals surface area contributed by atoms with Crippen LogP contribution in [-0.2, 0) is 6.54 Å². The van der Waals surface area contributed by atoms with Crippen molar-refractivity contribution in [3.05, 3.63) is 28.8 Å². The maximum atomic E-state index is 8.75. The summed E-state index contributed by atoms with van der Waals surface area (Å²) in [7, 11) is 0. The molecule has 1 rings (SSSR count). The predicted octanol–water partition coefficient (Wildman–Crippen LogP) is 3.77. The van der Waals surface area contributed by atoms with E-state index in [9.17, 15) is 0 Å². The van der Waals surface area contributed by atoms with Gasteiger partial charge in [-0.15, -0.1) is 0 Å². The number of aliphatic hydroxyl groups is 1. The molecule has 0 spiro atoms. The van der Waals surface area contributed by atoms with Crippen LogP contribution >= 0.6 is 11.6 Å². The summed E-state index contributed by atoms with van der Waals surface area (Å²) in [6.45, 7) is 8.00. The van der Waals surface area contributed by atoms with Gasteiger partial charge in [0.15, 0.2) is 0 Å². The normalized spacial score (nSPS) is 11.7. The largest absolute Gasteiger partial charge is 0.492 e. The molecule has 0 aliphatic carbocycles. The fourth-order valence-electron chi connectivity index (χ4n) is 1.78. The number of hydrogen-bond acceptors (Lipinski definition) is 3. The summed E-state index contributed by atoms with van der Waals surface area (Å²) in [5, 5.41) is 12.8. The monoisotopic (exact) mass is 299 g/mol. The number of para-hydroxylation sites is 1. The van der Waals surface area contributed by atoms with Gasteiger partial charge in [-0.25, -0.2) is 0 Å². The first-order valence-electron chi connectivity index (χ1n) is 7.20. The highest BCUT2D eigenvalue weighted by atomic mass is 35.5. The van der Waals surface area contributed by atoms with Crippen LogP contribution in [0.4, 0.5) is 0 Å². The van der Waals surface area contributed by atoms with Gasteiger partial charge in [0.25, 0.3) is 0 Å². The van der Waals surface area contributed by atoms with Gasteiger partial charge in [0, 0.05) is 24.3 Å². The van der Waals surface area contributed by atoms with Crippen molar-refractivity contribution >= 4 is 11.6 Å². The molecular formula is C16H26ClNO2. The maximum Gasteiger partial charge on any atom is 0.142 e. The Morgan fingerprint density at radius 3 is 2.60 bits per heavy atom. The van der Waals surface area contributed by atoms with E-state index in [-0.39, 0.29) is 12.1 Å². The number of hydrogen-bond donors (Lipinski definition) is 2. The first-order valence-corrected chi connectivity index (χ1v) is 7.58. The third-order valence-electron chi connectivity index (χ3n) is 2.91. The highest BCUT2D eigenvalue weighted by Crippen LogP contribution is 2.29. The van der Waals surface area contributed by atoms with E-state index in [1.165, 1.54) is 0 Å². The Balaban J connectivity index is 2.59. The second-order valence-electron chi connectivity index (χ2n) is 5.96. The van der Waals surface area contributed by atoms with E-state index in [1.54, 1.807) is 0 Å². The molecule has 3 nitrogen and oxygen atoms in total. The first kappa shape index (κ1) is 17.3. The summed E-state index contributed by atoms with van der Waals surface area (Å²) < 4.78 is 5.83. The van der Waals surface area contributed by atoms with E-state index in [2.05, 4.69) is 26.1 Å². The lowest BCUT2D eigenvalue weighted by Gasteiger charge is -2.22. The van der Waals surface area contributed by atoms with Gasteiger partial charge in [0.2, 0.25) is 0 Å². The average Bonchev–Trinajstić information content (AvgIpc) is 2.37. The maximum absolute atomic E-state index is 8.75. The van der Waals surface area contributed by atoms with Gasteiger partial charge in [0.1, 0.15) is 5.75 Å². The van der Waals surface area contributed by atoms with E-state index >= 15 is 0 Å². The molecule has 0 heterocycles. The molecule has 1 aromatic carbocycles. The number of ether oxygens (including phenoxy) is 1. The molecule has 0 amide bonds. The molecule has 20 heavy (non-hydrogen) atoms. The summed E-state index contributed by atoms with van der Waals surface area (Å²) >= 11 is 6.23. The molecule has 1 aromatic rings. The minimum Gasteiger partial charge on any atom is -0.492 e. The molecule has 0 saturated carbocycles. The van der Waals surface area contributed by atoms with E-state index in [0.29, 0.717) is 11.6 Å². The zero-order valence-electron chi connectivity index (χ0n) is 12.7. The van der Waals surface area contributed by atoms with Gasteiger partial charge in [-0.2, -0.15) is 0 Å². The standard InChI is InChI=1S/C16H26ClNO2/c1-16(2,3)18-12-13-8-7-9-14(17)15(13)20-11-6-4-5-10-19/h7-9,18-19H,4-6,10-12H2,1-3H3. The Hall–Kier alpha value is -0.770. The highest BCUT2D eigenvalue weighted by Gasteiger charge is 2.13.